The van der Waals surface area contributed by atoms with E-state index in [-0.39, 0.29) is 23.4 Å². The van der Waals surface area contributed by atoms with Gasteiger partial charge in [0.25, 0.3) is 0 Å². The van der Waals surface area contributed by atoms with E-state index in [2.05, 4.69) is 0 Å². The van der Waals surface area contributed by atoms with Crippen molar-refractivity contribution in [3.05, 3.63) is 0 Å². The molecular formula is C9H15F3N2. The predicted octanol–water partition coefficient (Wildman–Crippen LogP) is 1.39. The molecule has 0 aliphatic heterocycles. The van der Waals surface area contributed by atoms with Crippen molar-refractivity contribution in [1.29, 1.82) is 0 Å². The Kier molecular flexibility index (Phi) is 2.09. The molecule has 2 nitrogen and oxygen atoms in total. The summed E-state index contributed by atoms with van der Waals surface area (Å²) < 4.78 is 36.6. The van der Waals surface area contributed by atoms with Crippen molar-refractivity contribution in [2.45, 2.75) is 43.9 Å². The molecular weight excluding hydrogens is 193 g/mol. The summed E-state index contributed by atoms with van der Waals surface area (Å²) in [4.78, 5) is 0. The third kappa shape index (κ3) is 1.52. The lowest BCUT2D eigenvalue weighted by molar-refractivity contribution is -0.189. The Hall–Kier alpha value is -0.290. The van der Waals surface area contributed by atoms with Gasteiger partial charge in [0.15, 0.2) is 0 Å². The van der Waals surface area contributed by atoms with Gasteiger partial charge in [-0.3, -0.25) is 0 Å². The molecule has 0 aromatic heterocycles. The normalized spacial score (nSPS) is 47.4. The zero-order valence-electron chi connectivity index (χ0n) is 7.85. The Labute approximate surface area is 80.8 Å². The summed E-state index contributed by atoms with van der Waals surface area (Å²) >= 11 is 0. The molecule has 2 fully saturated rings. The van der Waals surface area contributed by atoms with E-state index < -0.39 is 12.6 Å². The van der Waals surface area contributed by atoms with Crippen LogP contribution in [0.4, 0.5) is 13.2 Å². The molecule has 0 amide bonds. The van der Waals surface area contributed by atoms with Gasteiger partial charge in [0.1, 0.15) is 0 Å². The van der Waals surface area contributed by atoms with Gasteiger partial charge in [-0.25, -0.2) is 0 Å². The van der Waals surface area contributed by atoms with Crippen LogP contribution in [0.5, 0.6) is 0 Å². The van der Waals surface area contributed by atoms with E-state index in [9.17, 15) is 13.2 Å². The minimum atomic E-state index is -4.09. The van der Waals surface area contributed by atoms with Crippen LogP contribution < -0.4 is 11.5 Å². The van der Waals surface area contributed by atoms with Gasteiger partial charge in [0.2, 0.25) is 0 Å². The fraction of sp³-hybridized carbons (Fsp3) is 1.00. The first kappa shape index (κ1) is 10.2. The Morgan fingerprint density at radius 2 is 1.71 bits per heavy atom. The summed E-state index contributed by atoms with van der Waals surface area (Å²) in [6.45, 7) is 0. The molecule has 2 rings (SSSR count). The first-order chi connectivity index (χ1) is 6.32. The van der Waals surface area contributed by atoms with Crippen molar-refractivity contribution in [1.82, 2.24) is 0 Å². The lowest BCUT2D eigenvalue weighted by Gasteiger charge is -2.62. The maximum atomic E-state index is 12.2. The van der Waals surface area contributed by atoms with E-state index in [4.69, 9.17) is 11.5 Å². The van der Waals surface area contributed by atoms with Crippen LogP contribution in [0.25, 0.3) is 0 Å². The largest absolute Gasteiger partial charge is 0.389 e. The van der Waals surface area contributed by atoms with Crippen LogP contribution in [-0.4, -0.2) is 18.3 Å². The van der Waals surface area contributed by atoms with Crippen LogP contribution in [-0.2, 0) is 0 Å². The Morgan fingerprint density at radius 1 is 1.14 bits per heavy atom. The Morgan fingerprint density at radius 3 is 2.07 bits per heavy atom. The summed E-state index contributed by atoms with van der Waals surface area (Å²) in [6, 6.07) is -0.178. The van der Waals surface area contributed by atoms with E-state index in [0.29, 0.717) is 0 Å². The SMILES string of the molecule is NC1CC2(C1)CC(N)C2CC(F)(F)F. The topological polar surface area (TPSA) is 52.0 Å². The molecule has 14 heavy (non-hydrogen) atoms. The van der Waals surface area contributed by atoms with Gasteiger partial charge in [-0.05, 0) is 30.6 Å². The molecule has 4 N–H and O–H groups in total. The molecule has 0 saturated heterocycles. The minimum absolute atomic E-state index is 0.0956. The third-order valence-corrected chi connectivity index (χ3v) is 3.73. The van der Waals surface area contributed by atoms with E-state index in [1.54, 1.807) is 0 Å². The van der Waals surface area contributed by atoms with Gasteiger partial charge in [-0.2, -0.15) is 13.2 Å². The number of nitrogens with two attached hydrogens (primary N) is 2. The van der Waals surface area contributed by atoms with Crippen LogP contribution >= 0.6 is 0 Å². The molecule has 2 aliphatic rings. The van der Waals surface area contributed by atoms with Gasteiger partial charge in [-0.1, -0.05) is 0 Å². The van der Waals surface area contributed by atoms with E-state index in [0.717, 1.165) is 19.3 Å². The molecule has 0 radical (unpaired) electrons. The molecule has 2 saturated carbocycles. The summed E-state index contributed by atoms with van der Waals surface area (Å²) in [5.41, 5.74) is 11.1. The molecule has 0 aromatic rings. The molecule has 2 unspecified atom stereocenters. The fourth-order valence-electron chi connectivity index (χ4n) is 3.13. The maximum Gasteiger partial charge on any atom is 0.389 e. The second-order valence-corrected chi connectivity index (χ2v) is 4.82. The van der Waals surface area contributed by atoms with Crippen molar-refractivity contribution in [2.24, 2.45) is 22.8 Å². The molecule has 1 spiro atoms. The van der Waals surface area contributed by atoms with Gasteiger partial charge in [-0.15, -0.1) is 0 Å². The standard InChI is InChI=1S/C9H15F3N2/c10-9(11,12)3-6-7(14)4-8(6)1-5(13)2-8/h5-7H,1-4,13-14H2. The zero-order valence-corrected chi connectivity index (χ0v) is 7.85. The van der Waals surface area contributed by atoms with Crippen LogP contribution in [0.1, 0.15) is 25.7 Å². The highest BCUT2D eigenvalue weighted by atomic mass is 19.4. The number of halogens is 3. The second-order valence-electron chi connectivity index (χ2n) is 4.82. The monoisotopic (exact) mass is 208 g/mol. The first-order valence-electron chi connectivity index (χ1n) is 4.90. The number of alkyl halides is 3. The van der Waals surface area contributed by atoms with Gasteiger partial charge >= 0.3 is 6.18 Å². The van der Waals surface area contributed by atoms with Gasteiger partial charge < -0.3 is 11.5 Å². The van der Waals surface area contributed by atoms with Crippen molar-refractivity contribution in [3.8, 4) is 0 Å². The van der Waals surface area contributed by atoms with Gasteiger partial charge in [0.05, 0.1) is 0 Å². The molecule has 82 valence electrons. The van der Waals surface area contributed by atoms with Crippen LogP contribution in [0.15, 0.2) is 0 Å². The van der Waals surface area contributed by atoms with Crippen LogP contribution in [0.3, 0.4) is 0 Å². The number of rotatable bonds is 1. The van der Waals surface area contributed by atoms with Crippen LogP contribution in [0.2, 0.25) is 0 Å². The number of hydrogen-bond acceptors (Lipinski definition) is 2. The smallest absolute Gasteiger partial charge is 0.328 e. The van der Waals surface area contributed by atoms with Gasteiger partial charge in [0, 0.05) is 18.5 Å². The average Bonchev–Trinajstić information content (AvgIpc) is 1.96. The lowest BCUT2D eigenvalue weighted by Crippen LogP contribution is -2.65. The van der Waals surface area contributed by atoms with Crippen molar-refractivity contribution in [3.63, 3.8) is 0 Å². The molecule has 0 heterocycles. The summed E-state index contributed by atoms with van der Waals surface area (Å²) in [5, 5.41) is 0. The highest BCUT2D eigenvalue weighted by Gasteiger charge is 2.60. The summed E-state index contributed by atoms with van der Waals surface area (Å²) in [6.07, 6.45) is -2.65. The third-order valence-electron chi connectivity index (χ3n) is 3.73. The van der Waals surface area contributed by atoms with Crippen LogP contribution in [0, 0.1) is 11.3 Å². The zero-order chi connectivity index (χ0) is 10.6. The molecule has 5 heteroatoms. The Bertz CT molecular complexity index is 227. The number of hydrogen-bond donors (Lipinski definition) is 2. The minimum Gasteiger partial charge on any atom is -0.328 e. The highest BCUT2D eigenvalue weighted by Crippen LogP contribution is 2.61. The summed E-state index contributed by atoms with van der Waals surface area (Å²) in [7, 11) is 0. The Balaban J connectivity index is 1.97. The quantitative estimate of drug-likeness (QED) is 0.684. The molecule has 2 aliphatic carbocycles. The van der Waals surface area contributed by atoms with Crippen molar-refractivity contribution >= 4 is 0 Å². The molecule has 0 aromatic carbocycles. The van der Waals surface area contributed by atoms with Crippen molar-refractivity contribution in [2.75, 3.05) is 0 Å². The average molecular weight is 208 g/mol. The molecule has 0 bridgehead atoms. The fourth-order valence-corrected chi connectivity index (χ4v) is 3.13. The maximum absolute atomic E-state index is 12.2. The van der Waals surface area contributed by atoms with Crippen molar-refractivity contribution < 1.29 is 13.2 Å². The van der Waals surface area contributed by atoms with E-state index in [1.165, 1.54) is 0 Å². The first-order valence-corrected chi connectivity index (χ1v) is 4.90. The second kappa shape index (κ2) is 2.85. The van der Waals surface area contributed by atoms with E-state index in [1.807, 2.05) is 0 Å². The summed E-state index contributed by atoms with van der Waals surface area (Å²) in [5.74, 6) is -0.387. The van der Waals surface area contributed by atoms with E-state index >= 15 is 0 Å². The lowest BCUT2D eigenvalue weighted by atomic mass is 9.45. The molecule has 2 atom stereocenters. The predicted molar refractivity (Wildman–Crippen MR) is 46.4 cm³/mol. The highest BCUT2D eigenvalue weighted by molar-refractivity contribution is 5.12.